The summed E-state index contributed by atoms with van der Waals surface area (Å²) in [5.74, 6) is -0.240. The van der Waals surface area contributed by atoms with Crippen LogP contribution in [0.15, 0.2) is 42.5 Å². The second kappa shape index (κ2) is 5.00. The van der Waals surface area contributed by atoms with Crippen LogP contribution in [0.25, 0.3) is 10.8 Å². The number of rotatable bonds is 3. The first kappa shape index (κ1) is 11.6. The Kier molecular flexibility index (Phi) is 3.43. The minimum atomic E-state index is -0.240. The van der Waals surface area contributed by atoms with E-state index >= 15 is 0 Å². The Morgan fingerprint density at radius 2 is 1.88 bits per heavy atom. The van der Waals surface area contributed by atoms with E-state index in [0.717, 1.165) is 17.2 Å². The molecule has 88 valence electrons. The van der Waals surface area contributed by atoms with Crippen LogP contribution in [0.5, 0.6) is 0 Å². The normalized spacial score (nSPS) is 12.4. The number of carbonyl (C=O) groups is 1. The van der Waals surface area contributed by atoms with Gasteiger partial charge in [0.2, 0.25) is 0 Å². The number of fused-ring (bicyclic) bond motifs is 1. The van der Waals surface area contributed by atoms with Crippen molar-refractivity contribution in [2.24, 2.45) is 0 Å². The van der Waals surface area contributed by atoms with Gasteiger partial charge in [0.1, 0.15) is 0 Å². The van der Waals surface area contributed by atoms with Crippen LogP contribution < -0.4 is 0 Å². The quantitative estimate of drug-likeness (QED) is 0.747. The number of hydrogen-bond donors (Lipinski definition) is 0. The number of carbonyl (C=O) groups excluding carboxylic acids is 1. The summed E-state index contributed by atoms with van der Waals surface area (Å²) >= 11 is 0. The molecule has 2 heteroatoms. The fourth-order valence-corrected chi connectivity index (χ4v) is 1.73. The van der Waals surface area contributed by atoms with E-state index < -0.39 is 0 Å². The van der Waals surface area contributed by atoms with Crippen LogP contribution in [0.4, 0.5) is 0 Å². The highest BCUT2D eigenvalue weighted by Crippen LogP contribution is 2.19. The van der Waals surface area contributed by atoms with Crippen LogP contribution in [-0.4, -0.2) is 12.1 Å². The van der Waals surface area contributed by atoms with Crippen molar-refractivity contribution in [2.75, 3.05) is 0 Å². The van der Waals surface area contributed by atoms with Gasteiger partial charge in [-0.25, -0.2) is 4.79 Å². The molecule has 0 aliphatic heterocycles. The first-order chi connectivity index (χ1) is 8.22. The summed E-state index contributed by atoms with van der Waals surface area (Å²) in [6.45, 7) is 3.91. The first-order valence-corrected chi connectivity index (χ1v) is 5.91. The predicted molar refractivity (Wildman–Crippen MR) is 69.1 cm³/mol. The Hall–Kier alpha value is -1.83. The third kappa shape index (κ3) is 2.47. The highest BCUT2D eigenvalue weighted by Gasteiger charge is 2.13. The second-order valence-corrected chi connectivity index (χ2v) is 4.15. The van der Waals surface area contributed by atoms with Crippen LogP contribution in [0.2, 0.25) is 0 Å². The van der Waals surface area contributed by atoms with Crippen molar-refractivity contribution in [1.82, 2.24) is 0 Å². The first-order valence-electron chi connectivity index (χ1n) is 5.91. The summed E-state index contributed by atoms with van der Waals surface area (Å²) in [6.07, 6.45) is 0.790. The van der Waals surface area contributed by atoms with Crippen LogP contribution in [0.1, 0.15) is 30.6 Å². The highest BCUT2D eigenvalue weighted by atomic mass is 16.5. The van der Waals surface area contributed by atoms with Gasteiger partial charge in [-0.3, -0.25) is 0 Å². The molecule has 0 spiro atoms. The molecule has 2 nitrogen and oxygen atoms in total. The standard InChI is InChI=1S/C15H16O2/c1-3-11(2)17-15(16)14-10-6-8-12-7-4-5-9-13(12)14/h4-11H,3H2,1-2H3/t11-/m0/s1. The minimum Gasteiger partial charge on any atom is -0.459 e. The molecule has 2 aromatic carbocycles. The molecule has 0 heterocycles. The molecule has 0 fully saturated rings. The van der Waals surface area contributed by atoms with E-state index in [1.54, 1.807) is 0 Å². The van der Waals surface area contributed by atoms with Gasteiger partial charge in [-0.2, -0.15) is 0 Å². The fourth-order valence-electron chi connectivity index (χ4n) is 1.73. The highest BCUT2D eigenvalue weighted by molar-refractivity contribution is 6.04. The molecule has 0 unspecified atom stereocenters. The molecule has 0 bridgehead atoms. The maximum absolute atomic E-state index is 12.0. The third-order valence-corrected chi connectivity index (χ3v) is 2.89. The van der Waals surface area contributed by atoms with Gasteiger partial charge < -0.3 is 4.74 Å². The van der Waals surface area contributed by atoms with E-state index in [-0.39, 0.29) is 12.1 Å². The van der Waals surface area contributed by atoms with Gasteiger partial charge in [-0.15, -0.1) is 0 Å². The predicted octanol–water partition coefficient (Wildman–Crippen LogP) is 3.80. The van der Waals surface area contributed by atoms with Crippen LogP contribution in [0.3, 0.4) is 0 Å². The summed E-state index contributed by atoms with van der Waals surface area (Å²) in [6, 6.07) is 13.5. The summed E-state index contributed by atoms with van der Waals surface area (Å²) < 4.78 is 5.35. The smallest absolute Gasteiger partial charge is 0.339 e. The van der Waals surface area contributed by atoms with Crippen molar-refractivity contribution in [2.45, 2.75) is 26.4 Å². The Morgan fingerprint density at radius 3 is 2.65 bits per heavy atom. The number of benzene rings is 2. The van der Waals surface area contributed by atoms with Gasteiger partial charge >= 0.3 is 5.97 Å². The molecule has 0 aliphatic carbocycles. The van der Waals surface area contributed by atoms with Gasteiger partial charge in [0.05, 0.1) is 11.7 Å². The summed E-state index contributed by atoms with van der Waals surface area (Å²) in [4.78, 5) is 12.0. The Labute approximate surface area is 101 Å². The molecule has 17 heavy (non-hydrogen) atoms. The molecule has 0 aromatic heterocycles. The number of esters is 1. The maximum atomic E-state index is 12.0. The van der Waals surface area contributed by atoms with Crippen molar-refractivity contribution in [3.8, 4) is 0 Å². The minimum absolute atomic E-state index is 0.0403. The molecule has 0 saturated carbocycles. The van der Waals surface area contributed by atoms with E-state index in [2.05, 4.69) is 0 Å². The third-order valence-electron chi connectivity index (χ3n) is 2.89. The Bertz CT molecular complexity index is 526. The average molecular weight is 228 g/mol. The van der Waals surface area contributed by atoms with E-state index in [0.29, 0.717) is 5.56 Å². The van der Waals surface area contributed by atoms with Crippen molar-refractivity contribution in [1.29, 1.82) is 0 Å². The molecule has 2 aromatic rings. The lowest BCUT2D eigenvalue weighted by molar-refractivity contribution is 0.0337. The number of hydrogen-bond acceptors (Lipinski definition) is 2. The average Bonchev–Trinajstić information content (AvgIpc) is 2.37. The van der Waals surface area contributed by atoms with E-state index in [1.807, 2.05) is 56.3 Å². The molecule has 0 radical (unpaired) electrons. The van der Waals surface area contributed by atoms with Gasteiger partial charge in [-0.1, -0.05) is 43.3 Å². The Morgan fingerprint density at radius 1 is 1.18 bits per heavy atom. The van der Waals surface area contributed by atoms with Gasteiger partial charge in [0.15, 0.2) is 0 Å². The van der Waals surface area contributed by atoms with E-state index in [9.17, 15) is 4.79 Å². The van der Waals surface area contributed by atoms with Gasteiger partial charge in [0, 0.05) is 0 Å². The van der Waals surface area contributed by atoms with E-state index in [4.69, 9.17) is 4.74 Å². The molecule has 0 aliphatic rings. The topological polar surface area (TPSA) is 26.3 Å². The molecule has 0 amide bonds. The van der Waals surface area contributed by atoms with Crippen molar-refractivity contribution in [3.63, 3.8) is 0 Å². The SMILES string of the molecule is CC[C@H](C)OC(=O)c1cccc2ccccc12. The zero-order chi connectivity index (χ0) is 12.3. The van der Waals surface area contributed by atoms with E-state index in [1.165, 1.54) is 0 Å². The maximum Gasteiger partial charge on any atom is 0.339 e. The zero-order valence-corrected chi connectivity index (χ0v) is 10.1. The summed E-state index contributed by atoms with van der Waals surface area (Å²) in [5.41, 5.74) is 0.642. The van der Waals surface area contributed by atoms with Crippen LogP contribution >= 0.6 is 0 Å². The lowest BCUT2D eigenvalue weighted by Gasteiger charge is -2.12. The molecule has 2 rings (SSSR count). The summed E-state index contributed by atoms with van der Waals surface area (Å²) in [7, 11) is 0. The van der Waals surface area contributed by atoms with Crippen LogP contribution in [0, 0.1) is 0 Å². The van der Waals surface area contributed by atoms with Crippen molar-refractivity contribution < 1.29 is 9.53 Å². The molecular formula is C15H16O2. The molecule has 0 saturated heterocycles. The lowest BCUT2D eigenvalue weighted by Crippen LogP contribution is -2.14. The molecule has 0 N–H and O–H groups in total. The Balaban J connectivity index is 2.38. The summed E-state index contributed by atoms with van der Waals surface area (Å²) in [5, 5.41) is 2.01. The monoisotopic (exact) mass is 228 g/mol. The van der Waals surface area contributed by atoms with Crippen LogP contribution in [-0.2, 0) is 4.74 Å². The van der Waals surface area contributed by atoms with Gasteiger partial charge in [0.25, 0.3) is 0 Å². The second-order valence-electron chi connectivity index (χ2n) is 4.15. The molecular weight excluding hydrogens is 212 g/mol. The van der Waals surface area contributed by atoms with Crippen molar-refractivity contribution >= 4 is 16.7 Å². The largest absolute Gasteiger partial charge is 0.459 e. The fraction of sp³-hybridized carbons (Fsp3) is 0.267. The number of ether oxygens (including phenoxy) is 1. The van der Waals surface area contributed by atoms with Gasteiger partial charge in [-0.05, 0) is 30.2 Å². The lowest BCUT2D eigenvalue weighted by atomic mass is 10.0. The van der Waals surface area contributed by atoms with Crippen molar-refractivity contribution in [3.05, 3.63) is 48.0 Å². The molecule has 1 atom stereocenters. The zero-order valence-electron chi connectivity index (χ0n) is 10.1.